The van der Waals surface area contributed by atoms with Gasteiger partial charge in [0.15, 0.2) is 0 Å². The maximum atomic E-state index is 13.2. The second-order valence-corrected chi connectivity index (χ2v) is 4.37. The molecule has 1 fully saturated rings. The molecule has 2 nitrogen and oxygen atoms in total. The molecule has 1 aliphatic heterocycles. The molecule has 88 valence electrons. The Morgan fingerprint density at radius 1 is 1.31 bits per heavy atom. The molecule has 1 N–H and O–H groups in total. The number of rotatable bonds is 2. The van der Waals surface area contributed by atoms with Gasteiger partial charge >= 0.3 is 0 Å². The highest BCUT2D eigenvalue weighted by Gasteiger charge is 2.39. The topological polar surface area (TPSA) is 23.5 Å². The highest BCUT2D eigenvalue weighted by molar-refractivity contribution is 5.14. The largest absolute Gasteiger partial charge is 0.392 e. The van der Waals surface area contributed by atoms with E-state index < -0.39 is 18.4 Å². The minimum atomic E-state index is -2.77. The maximum Gasteiger partial charge on any atom is 0.263 e. The van der Waals surface area contributed by atoms with Crippen LogP contribution in [0, 0.1) is 0 Å². The third-order valence-corrected chi connectivity index (χ3v) is 2.71. The van der Waals surface area contributed by atoms with Crippen molar-refractivity contribution in [1.29, 1.82) is 0 Å². The third kappa shape index (κ3) is 3.00. The van der Waals surface area contributed by atoms with Crippen molar-refractivity contribution in [2.75, 3.05) is 13.1 Å². The lowest BCUT2D eigenvalue weighted by molar-refractivity contribution is -0.109. The first-order chi connectivity index (χ1) is 7.55. The molecule has 0 saturated carbocycles. The van der Waals surface area contributed by atoms with Crippen LogP contribution < -0.4 is 0 Å². The van der Waals surface area contributed by atoms with Gasteiger partial charge in [0.2, 0.25) is 0 Å². The minimum Gasteiger partial charge on any atom is -0.392 e. The van der Waals surface area contributed by atoms with Crippen molar-refractivity contribution in [3.63, 3.8) is 0 Å². The van der Waals surface area contributed by atoms with Gasteiger partial charge in [0, 0.05) is 19.5 Å². The van der Waals surface area contributed by atoms with E-state index in [4.69, 9.17) is 0 Å². The van der Waals surface area contributed by atoms with Gasteiger partial charge in [0.05, 0.1) is 12.6 Å². The van der Waals surface area contributed by atoms with Crippen LogP contribution in [0.5, 0.6) is 0 Å². The molecule has 1 saturated heterocycles. The zero-order chi connectivity index (χ0) is 11.6. The van der Waals surface area contributed by atoms with Crippen LogP contribution in [0.3, 0.4) is 0 Å². The zero-order valence-electron chi connectivity index (χ0n) is 8.94. The summed E-state index contributed by atoms with van der Waals surface area (Å²) in [5.74, 6) is -2.77. The molecular weight excluding hydrogens is 212 g/mol. The van der Waals surface area contributed by atoms with E-state index in [1.165, 1.54) is 0 Å². The molecule has 2 rings (SSSR count). The van der Waals surface area contributed by atoms with Crippen LogP contribution in [-0.2, 0) is 6.54 Å². The van der Waals surface area contributed by atoms with Crippen molar-refractivity contribution in [3.8, 4) is 0 Å². The number of halogens is 2. The zero-order valence-corrected chi connectivity index (χ0v) is 8.94. The molecule has 1 aromatic rings. The van der Waals surface area contributed by atoms with Crippen molar-refractivity contribution in [2.24, 2.45) is 0 Å². The van der Waals surface area contributed by atoms with Crippen molar-refractivity contribution >= 4 is 0 Å². The molecule has 0 aliphatic carbocycles. The number of nitrogens with zero attached hydrogens (tertiary/aromatic N) is 1. The molecule has 0 radical (unpaired) electrons. The van der Waals surface area contributed by atoms with Gasteiger partial charge < -0.3 is 5.11 Å². The van der Waals surface area contributed by atoms with E-state index in [9.17, 15) is 13.9 Å². The fourth-order valence-corrected chi connectivity index (χ4v) is 2.13. The predicted octanol–water partition coefficient (Wildman–Crippen LogP) is 1.89. The van der Waals surface area contributed by atoms with E-state index in [1.807, 2.05) is 30.3 Å². The molecule has 1 aromatic carbocycles. The Morgan fingerprint density at radius 3 is 2.62 bits per heavy atom. The first-order valence-corrected chi connectivity index (χ1v) is 5.37. The van der Waals surface area contributed by atoms with Gasteiger partial charge in [0.25, 0.3) is 5.92 Å². The lowest BCUT2D eigenvalue weighted by atomic mass is 10.0. The van der Waals surface area contributed by atoms with Gasteiger partial charge in [-0.2, -0.15) is 0 Å². The van der Waals surface area contributed by atoms with Crippen LogP contribution in [0.4, 0.5) is 8.78 Å². The smallest absolute Gasteiger partial charge is 0.263 e. The van der Waals surface area contributed by atoms with Crippen molar-refractivity contribution in [2.45, 2.75) is 25.0 Å². The SMILES string of the molecule is O[C@H]1CN(Cc2ccccc2)CC(F)(F)C1. The van der Waals surface area contributed by atoms with Crippen LogP contribution in [0.15, 0.2) is 30.3 Å². The molecule has 0 spiro atoms. The standard InChI is InChI=1S/C12H15F2NO/c13-12(14)6-11(16)8-15(9-12)7-10-4-2-1-3-5-10/h1-5,11,16H,6-9H2/t11-/m1/s1. The Morgan fingerprint density at radius 2 is 2.00 bits per heavy atom. The van der Waals surface area contributed by atoms with Gasteiger partial charge in [0.1, 0.15) is 0 Å². The molecule has 0 bridgehead atoms. The number of aliphatic hydroxyl groups is 1. The van der Waals surface area contributed by atoms with Crippen LogP contribution in [-0.4, -0.2) is 35.1 Å². The maximum absolute atomic E-state index is 13.2. The summed E-state index contributed by atoms with van der Waals surface area (Å²) < 4.78 is 26.4. The Balaban J connectivity index is 2.00. The van der Waals surface area contributed by atoms with Crippen LogP contribution in [0.2, 0.25) is 0 Å². The van der Waals surface area contributed by atoms with E-state index in [2.05, 4.69) is 0 Å². The lowest BCUT2D eigenvalue weighted by Gasteiger charge is -2.35. The monoisotopic (exact) mass is 227 g/mol. The summed E-state index contributed by atoms with van der Waals surface area (Å²) in [6.07, 6.45) is -1.34. The highest BCUT2D eigenvalue weighted by Crippen LogP contribution is 2.27. The number of alkyl halides is 2. The highest BCUT2D eigenvalue weighted by atomic mass is 19.3. The summed E-state index contributed by atoms with van der Waals surface area (Å²) in [6.45, 7) is 0.525. The quantitative estimate of drug-likeness (QED) is 0.834. The summed E-state index contributed by atoms with van der Waals surface area (Å²) >= 11 is 0. The number of hydrogen-bond acceptors (Lipinski definition) is 2. The van der Waals surface area contributed by atoms with Gasteiger partial charge in [-0.05, 0) is 5.56 Å². The van der Waals surface area contributed by atoms with Crippen LogP contribution in [0.1, 0.15) is 12.0 Å². The first kappa shape index (κ1) is 11.5. The second kappa shape index (κ2) is 4.47. The lowest BCUT2D eigenvalue weighted by Crippen LogP contribution is -2.48. The van der Waals surface area contributed by atoms with E-state index in [1.54, 1.807) is 4.90 Å². The molecular formula is C12H15F2NO. The Kier molecular flexibility index (Phi) is 3.21. The molecule has 4 heteroatoms. The summed E-state index contributed by atoms with van der Waals surface area (Å²) in [6, 6.07) is 9.46. The van der Waals surface area contributed by atoms with Crippen molar-refractivity contribution in [3.05, 3.63) is 35.9 Å². The predicted molar refractivity (Wildman–Crippen MR) is 57.3 cm³/mol. The van der Waals surface area contributed by atoms with E-state index in [0.29, 0.717) is 13.1 Å². The number of hydrogen-bond donors (Lipinski definition) is 1. The number of β-amino-alcohol motifs (C(OH)–C–C–N with tert-alkyl or cyclic N) is 1. The number of likely N-dealkylation sites (tertiary alicyclic amines) is 1. The summed E-state index contributed by atoms with van der Waals surface area (Å²) in [7, 11) is 0. The molecule has 1 aliphatic rings. The van der Waals surface area contributed by atoms with E-state index in [0.717, 1.165) is 5.56 Å². The first-order valence-electron chi connectivity index (χ1n) is 5.37. The molecule has 0 aromatic heterocycles. The Hall–Kier alpha value is -1.00. The summed E-state index contributed by atoms with van der Waals surface area (Å²) in [4.78, 5) is 1.60. The van der Waals surface area contributed by atoms with Crippen LogP contribution in [0.25, 0.3) is 0 Å². The molecule has 0 amide bonds. The fourth-order valence-electron chi connectivity index (χ4n) is 2.13. The van der Waals surface area contributed by atoms with E-state index in [-0.39, 0.29) is 6.54 Å². The van der Waals surface area contributed by atoms with Gasteiger partial charge in [-0.1, -0.05) is 30.3 Å². The average Bonchev–Trinajstić information content (AvgIpc) is 2.15. The fraction of sp³-hybridized carbons (Fsp3) is 0.500. The number of piperidine rings is 1. The minimum absolute atomic E-state index is 0.265. The molecule has 0 unspecified atom stereocenters. The third-order valence-electron chi connectivity index (χ3n) is 2.71. The second-order valence-electron chi connectivity index (χ2n) is 4.37. The molecule has 1 heterocycles. The van der Waals surface area contributed by atoms with Crippen LogP contribution >= 0.6 is 0 Å². The molecule has 1 atom stereocenters. The Labute approximate surface area is 93.5 Å². The molecule has 16 heavy (non-hydrogen) atoms. The number of aliphatic hydroxyl groups excluding tert-OH is 1. The summed E-state index contributed by atoms with van der Waals surface area (Å²) in [5.41, 5.74) is 0.993. The van der Waals surface area contributed by atoms with Crippen molar-refractivity contribution in [1.82, 2.24) is 4.90 Å². The van der Waals surface area contributed by atoms with Gasteiger partial charge in [-0.25, -0.2) is 8.78 Å². The van der Waals surface area contributed by atoms with Gasteiger partial charge in [-0.15, -0.1) is 0 Å². The van der Waals surface area contributed by atoms with Gasteiger partial charge in [-0.3, -0.25) is 4.90 Å². The Bertz CT molecular complexity index is 342. The summed E-state index contributed by atoms with van der Waals surface area (Å²) in [5, 5.41) is 9.37. The normalized spacial score (nSPS) is 25.6. The van der Waals surface area contributed by atoms with E-state index >= 15 is 0 Å². The average molecular weight is 227 g/mol. The number of benzene rings is 1. The van der Waals surface area contributed by atoms with Crippen molar-refractivity contribution < 1.29 is 13.9 Å².